The first kappa shape index (κ1) is 10.0. The van der Waals surface area contributed by atoms with Crippen LogP contribution in [0.3, 0.4) is 0 Å². The van der Waals surface area contributed by atoms with Crippen molar-refractivity contribution in [3.8, 4) is 0 Å². The average molecular weight is 190 g/mol. The van der Waals surface area contributed by atoms with E-state index in [0.29, 0.717) is 23.8 Å². The average Bonchev–Trinajstić information content (AvgIpc) is 2.03. The van der Waals surface area contributed by atoms with E-state index in [1.54, 1.807) is 0 Å². The molecule has 2 nitrogen and oxygen atoms in total. The van der Waals surface area contributed by atoms with Crippen LogP contribution in [-0.2, 0) is 4.74 Å². The summed E-state index contributed by atoms with van der Waals surface area (Å²) in [6, 6.07) is 0.379. The van der Waals surface area contributed by atoms with Crippen molar-refractivity contribution in [2.75, 3.05) is 6.61 Å². The third kappa shape index (κ3) is 3.57. The van der Waals surface area contributed by atoms with Gasteiger partial charge in [0.25, 0.3) is 0 Å². The Hall–Kier alpha value is -0.0500. The van der Waals surface area contributed by atoms with Crippen LogP contribution in [0.1, 0.15) is 25.7 Å². The van der Waals surface area contributed by atoms with Gasteiger partial charge in [-0.3, -0.25) is 0 Å². The van der Waals surface area contributed by atoms with Gasteiger partial charge in [-0.25, -0.2) is 0 Å². The van der Waals surface area contributed by atoms with E-state index >= 15 is 0 Å². The molecule has 0 heterocycles. The molecule has 12 heavy (non-hydrogen) atoms. The van der Waals surface area contributed by atoms with E-state index in [9.17, 15) is 0 Å². The van der Waals surface area contributed by atoms with Crippen molar-refractivity contribution in [2.24, 2.45) is 5.73 Å². The van der Waals surface area contributed by atoms with Crippen LogP contribution < -0.4 is 5.73 Å². The Morgan fingerprint density at radius 1 is 1.42 bits per heavy atom. The van der Waals surface area contributed by atoms with Gasteiger partial charge in [0.1, 0.15) is 0 Å². The third-order valence-electron chi connectivity index (χ3n) is 2.19. The molecule has 2 N–H and O–H groups in total. The highest BCUT2D eigenvalue weighted by atomic mass is 35.5. The van der Waals surface area contributed by atoms with Gasteiger partial charge >= 0.3 is 0 Å². The highest BCUT2D eigenvalue weighted by Gasteiger charge is 2.18. The van der Waals surface area contributed by atoms with Gasteiger partial charge in [0.15, 0.2) is 0 Å². The van der Waals surface area contributed by atoms with Crippen molar-refractivity contribution in [3.05, 3.63) is 11.6 Å². The van der Waals surface area contributed by atoms with Crippen LogP contribution >= 0.6 is 11.6 Å². The molecule has 0 aromatic heterocycles. The summed E-state index contributed by atoms with van der Waals surface area (Å²) in [6.45, 7) is 4.04. The summed E-state index contributed by atoms with van der Waals surface area (Å²) >= 11 is 5.58. The van der Waals surface area contributed by atoms with Crippen LogP contribution in [-0.4, -0.2) is 18.8 Å². The lowest BCUT2D eigenvalue weighted by Crippen LogP contribution is -2.30. The fourth-order valence-corrected chi connectivity index (χ4v) is 1.53. The largest absolute Gasteiger partial charge is 0.373 e. The maximum absolute atomic E-state index is 5.75. The summed E-state index contributed by atoms with van der Waals surface area (Å²) in [5.41, 5.74) is 5.75. The fraction of sp³-hybridized carbons (Fsp3) is 0.778. The molecule has 1 aliphatic carbocycles. The van der Waals surface area contributed by atoms with E-state index < -0.39 is 0 Å². The molecule has 0 spiro atoms. The van der Waals surface area contributed by atoms with E-state index in [-0.39, 0.29) is 0 Å². The predicted molar refractivity (Wildman–Crippen MR) is 51.2 cm³/mol. The molecule has 0 atom stereocenters. The van der Waals surface area contributed by atoms with Crippen LogP contribution in [0.25, 0.3) is 0 Å². The Labute approximate surface area is 78.7 Å². The number of ether oxygens (including phenoxy) is 1. The standard InChI is InChI=1S/C9H16ClNO/c1-7(10)6-12-9-4-2-8(11)3-5-9/h8-9H,1-6,11H2. The van der Waals surface area contributed by atoms with Crippen molar-refractivity contribution in [1.82, 2.24) is 0 Å². The molecule has 1 rings (SSSR count). The summed E-state index contributed by atoms with van der Waals surface area (Å²) in [6.07, 6.45) is 4.61. The van der Waals surface area contributed by atoms with Gasteiger partial charge in [-0.05, 0) is 25.7 Å². The van der Waals surface area contributed by atoms with Crippen molar-refractivity contribution in [3.63, 3.8) is 0 Å². The lowest BCUT2D eigenvalue weighted by atomic mass is 9.94. The first-order valence-corrected chi connectivity index (χ1v) is 4.76. The molecule has 0 unspecified atom stereocenters. The fourth-order valence-electron chi connectivity index (χ4n) is 1.46. The Morgan fingerprint density at radius 3 is 2.50 bits per heavy atom. The molecular formula is C9H16ClNO. The van der Waals surface area contributed by atoms with Crippen molar-refractivity contribution < 1.29 is 4.74 Å². The first-order chi connectivity index (χ1) is 5.68. The van der Waals surface area contributed by atoms with Gasteiger partial charge < -0.3 is 10.5 Å². The zero-order chi connectivity index (χ0) is 8.97. The molecular weight excluding hydrogens is 174 g/mol. The monoisotopic (exact) mass is 189 g/mol. The minimum absolute atomic E-state index is 0.347. The summed E-state index contributed by atoms with van der Waals surface area (Å²) in [4.78, 5) is 0. The van der Waals surface area contributed by atoms with E-state index in [1.165, 1.54) is 0 Å². The Morgan fingerprint density at radius 2 is 2.00 bits per heavy atom. The number of nitrogens with two attached hydrogens (primary N) is 1. The number of hydrogen-bond acceptors (Lipinski definition) is 2. The molecule has 0 bridgehead atoms. The summed E-state index contributed by atoms with van der Waals surface area (Å²) in [5, 5.41) is 0.574. The molecule has 0 aliphatic heterocycles. The van der Waals surface area contributed by atoms with Crippen molar-refractivity contribution >= 4 is 11.6 Å². The quantitative estimate of drug-likeness (QED) is 0.738. The molecule has 0 radical (unpaired) electrons. The van der Waals surface area contributed by atoms with Crippen LogP contribution in [0.4, 0.5) is 0 Å². The molecule has 3 heteroatoms. The normalized spacial score (nSPS) is 30.2. The van der Waals surface area contributed by atoms with E-state index in [1.807, 2.05) is 0 Å². The molecule has 0 amide bonds. The topological polar surface area (TPSA) is 35.2 Å². The maximum Gasteiger partial charge on any atom is 0.0820 e. The number of rotatable bonds is 3. The predicted octanol–water partition coefficient (Wildman–Crippen LogP) is 2.03. The van der Waals surface area contributed by atoms with E-state index in [2.05, 4.69) is 6.58 Å². The lowest BCUT2D eigenvalue weighted by molar-refractivity contribution is 0.0414. The second-order valence-electron chi connectivity index (χ2n) is 3.37. The Bertz CT molecular complexity index is 153. The van der Waals surface area contributed by atoms with Gasteiger partial charge in [0, 0.05) is 11.1 Å². The van der Waals surface area contributed by atoms with Crippen LogP contribution in [0.2, 0.25) is 0 Å². The molecule has 1 saturated carbocycles. The molecule has 0 aromatic rings. The number of hydrogen-bond donors (Lipinski definition) is 1. The second-order valence-corrected chi connectivity index (χ2v) is 3.90. The smallest absolute Gasteiger partial charge is 0.0820 e. The second kappa shape index (κ2) is 4.85. The highest BCUT2D eigenvalue weighted by Crippen LogP contribution is 2.20. The SMILES string of the molecule is C=C(Cl)COC1CCC(N)CC1. The molecule has 0 saturated heterocycles. The third-order valence-corrected chi connectivity index (χ3v) is 2.30. The minimum atomic E-state index is 0.347. The number of halogens is 1. The van der Waals surface area contributed by atoms with Crippen molar-refractivity contribution in [2.45, 2.75) is 37.8 Å². The van der Waals surface area contributed by atoms with E-state index in [4.69, 9.17) is 22.1 Å². The zero-order valence-electron chi connectivity index (χ0n) is 7.26. The first-order valence-electron chi connectivity index (χ1n) is 4.39. The van der Waals surface area contributed by atoms with Gasteiger partial charge in [-0.15, -0.1) is 0 Å². The summed E-state index contributed by atoms with van der Waals surface area (Å²) in [5.74, 6) is 0. The van der Waals surface area contributed by atoms with Gasteiger partial charge in [0.05, 0.1) is 12.7 Å². The van der Waals surface area contributed by atoms with Gasteiger partial charge in [-0.1, -0.05) is 18.2 Å². The summed E-state index contributed by atoms with van der Waals surface area (Å²) in [7, 11) is 0. The molecule has 70 valence electrons. The summed E-state index contributed by atoms with van der Waals surface area (Å²) < 4.78 is 5.51. The van der Waals surface area contributed by atoms with Crippen LogP contribution in [0, 0.1) is 0 Å². The van der Waals surface area contributed by atoms with Gasteiger partial charge in [-0.2, -0.15) is 0 Å². The molecule has 0 aromatic carbocycles. The zero-order valence-corrected chi connectivity index (χ0v) is 8.02. The Kier molecular flexibility index (Phi) is 4.06. The maximum atomic E-state index is 5.75. The minimum Gasteiger partial charge on any atom is -0.373 e. The van der Waals surface area contributed by atoms with Gasteiger partial charge in [0.2, 0.25) is 0 Å². The highest BCUT2D eigenvalue weighted by molar-refractivity contribution is 6.29. The Balaban J connectivity index is 2.13. The van der Waals surface area contributed by atoms with Crippen molar-refractivity contribution in [1.29, 1.82) is 0 Å². The lowest BCUT2D eigenvalue weighted by Gasteiger charge is -2.25. The van der Waals surface area contributed by atoms with Crippen LogP contribution in [0.5, 0.6) is 0 Å². The van der Waals surface area contributed by atoms with Crippen LogP contribution in [0.15, 0.2) is 11.6 Å². The molecule has 1 aliphatic rings. The molecule has 1 fully saturated rings. The van der Waals surface area contributed by atoms with E-state index in [0.717, 1.165) is 25.7 Å².